The summed E-state index contributed by atoms with van der Waals surface area (Å²) < 4.78 is 11.0. The van der Waals surface area contributed by atoms with E-state index in [9.17, 15) is 0 Å². The number of likely N-dealkylation sites (tertiary alicyclic amines) is 1. The van der Waals surface area contributed by atoms with Crippen LogP contribution in [0.1, 0.15) is 34.1 Å². The van der Waals surface area contributed by atoms with Crippen LogP contribution in [0.4, 0.5) is 0 Å². The first-order chi connectivity index (χ1) is 7.42. The van der Waals surface area contributed by atoms with Gasteiger partial charge in [-0.3, -0.25) is 4.90 Å². The molecule has 0 aromatic carbocycles. The van der Waals surface area contributed by atoms with Gasteiger partial charge in [0.25, 0.3) is 0 Å². The number of rotatable bonds is 5. The average Bonchev–Trinajstić information content (AvgIpc) is 2.52. The van der Waals surface area contributed by atoms with Crippen molar-refractivity contribution < 1.29 is 9.47 Å². The van der Waals surface area contributed by atoms with Gasteiger partial charge in [-0.2, -0.15) is 0 Å². The van der Waals surface area contributed by atoms with E-state index in [-0.39, 0.29) is 5.60 Å². The fourth-order valence-corrected chi connectivity index (χ4v) is 2.24. The number of methoxy groups -OCH3 is 1. The molecule has 1 fully saturated rings. The summed E-state index contributed by atoms with van der Waals surface area (Å²) in [5.74, 6) is 0.783. The smallest absolute Gasteiger partial charge is 0.0629 e. The van der Waals surface area contributed by atoms with E-state index in [1.165, 1.54) is 13.0 Å². The van der Waals surface area contributed by atoms with Gasteiger partial charge in [0, 0.05) is 26.2 Å². The molecule has 0 spiro atoms. The molecule has 0 aromatic rings. The minimum absolute atomic E-state index is 0.0290. The molecule has 0 radical (unpaired) electrons. The van der Waals surface area contributed by atoms with E-state index in [0.717, 1.165) is 25.7 Å². The normalized spacial score (nSPS) is 27.6. The predicted octanol–water partition coefficient (Wildman–Crippen LogP) is 2.16. The van der Waals surface area contributed by atoms with Crippen LogP contribution in [0.15, 0.2) is 0 Å². The van der Waals surface area contributed by atoms with Crippen LogP contribution in [-0.4, -0.2) is 50.0 Å². The van der Waals surface area contributed by atoms with E-state index in [1.807, 2.05) is 0 Å². The Bertz CT molecular complexity index is 201. The van der Waals surface area contributed by atoms with E-state index >= 15 is 0 Å². The van der Waals surface area contributed by atoms with E-state index in [1.54, 1.807) is 7.11 Å². The lowest BCUT2D eigenvalue weighted by Crippen LogP contribution is -2.37. The summed E-state index contributed by atoms with van der Waals surface area (Å²) in [5, 5.41) is 0. The number of hydrogen-bond donors (Lipinski definition) is 0. The summed E-state index contributed by atoms with van der Waals surface area (Å²) in [4.78, 5) is 2.50. The van der Waals surface area contributed by atoms with Crippen molar-refractivity contribution in [1.82, 2.24) is 4.90 Å². The molecular weight excluding hydrogens is 202 g/mol. The summed E-state index contributed by atoms with van der Waals surface area (Å²) >= 11 is 0. The molecule has 1 aliphatic heterocycles. The van der Waals surface area contributed by atoms with Crippen molar-refractivity contribution in [1.29, 1.82) is 0 Å². The van der Waals surface area contributed by atoms with Gasteiger partial charge in [-0.25, -0.2) is 0 Å². The van der Waals surface area contributed by atoms with Crippen molar-refractivity contribution in [3.05, 3.63) is 0 Å². The lowest BCUT2D eigenvalue weighted by atomic mass is 10.1. The van der Waals surface area contributed by atoms with Crippen LogP contribution in [0.5, 0.6) is 0 Å². The van der Waals surface area contributed by atoms with E-state index in [0.29, 0.717) is 6.04 Å². The van der Waals surface area contributed by atoms with Gasteiger partial charge in [-0.05, 0) is 33.1 Å². The molecule has 3 nitrogen and oxygen atoms in total. The zero-order valence-corrected chi connectivity index (χ0v) is 11.5. The van der Waals surface area contributed by atoms with Gasteiger partial charge in [0.15, 0.2) is 0 Å². The van der Waals surface area contributed by atoms with Crippen molar-refractivity contribution in [2.45, 2.75) is 45.8 Å². The van der Waals surface area contributed by atoms with Crippen LogP contribution < -0.4 is 0 Å². The van der Waals surface area contributed by atoms with Gasteiger partial charge in [-0.15, -0.1) is 0 Å². The van der Waals surface area contributed by atoms with Crippen molar-refractivity contribution in [3.8, 4) is 0 Å². The van der Waals surface area contributed by atoms with Crippen LogP contribution in [0.2, 0.25) is 0 Å². The Morgan fingerprint density at radius 3 is 2.56 bits per heavy atom. The molecule has 3 heteroatoms. The third-order valence-electron chi connectivity index (χ3n) is 3.03. The first kappa shape index (κ1) is 13.9. The SMILES string of the molecule is COCCN1C[C@H](C)C[C@H]1COC(C)(C)C. The van der Waals surface area contributed by atoms with Gasteiger partial charge in [0.05, 0.1) is 18.8 Å². The summed E-state index contributed by atoms with van der Waals surface area (Å²) in [6, 6.07) is 0.573. The molecule has 1 saturated heterocycles. The maximum absolute atomic E-state index is 5.89. The first-order valence-corrected chi connectivity index (χ1v) is 6.29. The first-order valence-electron chi connectivity index (χ1n) is 6.29. The van der Waals surface area contributed by atoms with Crippen molar-refractivity contribution in [2.75, 3.05) is 33.4 Å². The van der Waals surface area contributed by atoms with Gasteiger partial charge >= 0.3 is 0 Å². The van der Waals surface area contributed by atoms with E-state index in [2.05, 4.69) is 32.6 Å². The molecule has 2 atom stereocenters. The Hall–Kier alpha value is -0.120. The van der Waals surface area contributed by atoms with Gasteiger partial charge in [0.1, 0.15) is 0 Å². The van der Waals surface area contributed by atoms with Crippen molar-refractivity contribution in [2.24, 2.45) is 5.92 Å². The minimum atomic E-state index is -0.0290. The monoisotopic (exact) mass is 229 g/mol. The summed E-state index contributed by atoms with van der Waals surface area (Å²) in [6.07, 6.45) is 1.25. The fourth-order valence-electron chi connectivity index (χ4n) is 2.24. The maximum Gasteiger partial charge on any atom is 0.0629 e. The Kier molecular flexibility index (Phi) is 5.22. The Morgan fingerprint density at radius 2 is 2.00 bits per heavy atom. The van der Waals surface area contributed by atoms with Crippen LogP contribution in [0.3, 0.4) is 0 Å². The lowest BCUT2D eigenvalue weighted by molar-refractivity contribution is -0.0303. The zero-order chi connectivity index (χ0) is 12.2. The molecule has 1 heterocycles. The van der Waals surface area contributed by atoms with Crippen molar-refractivity contribution in [3.63, 3.8) is 0 Å². The standard InChI is InChI=1S/C13H27NO2/c1-11-8-12(10-16-13(2,3)4)14(9-11)6-7-15-5/h11-12H,6-10H2,1-5H3/t11-,12+/m1/s1. The molecule has 1 rings (SSSR count). The summed E-state index contributed by atoms with van der Waals surface area (Å²) in [5.41, 5.74) is -0.0290. The third-order valence-corrected chi connectivity index (χ3v) is 3.03. The largest absolute Gasteiger partial charge is 0.383 e. The minimum Gasteiger partial charge on any atom is -0.383 e. The topological polar surface area (TPSA) is 21.7 Å². The molecule has 0 unspecified atom stereocenters. The highest BCUT2D eigenvalue weighted by Crippen LogP contribution is 2.23. The number of ether oxygens (including phenoxy) is 2. The molecule has 0 amide bonds. The summed E-state index contributed by atoms with van der Waals surface area (Å²) in [6.45, 7) is 12.5. The van der Waals surface area contributed by atoms with Gasteiger partial charge < -0.3 is 9.47 Å². The molecule has 0 aliphatic carbocycles. The molecule has 0 saturated carbocycles. The predicted molar refractivity (Wildman–Crippen MR) is 66.7 cm³/mol. The highest BCUT2D eigenvalue weighted by molar-refractivity contribution is 4.83. The second kappa shape index (κ2) is 5.99. The van der Waals surface area contributed by atoms with Crippen LogP contribution in [-0.2, 0) is 9.47 Å². The Morgan fingerprint density at radius 1 is 1.31 bits per heavy atom. The third kappa shape index (κ3) is 4.81. The van der Waals surface area contributed by atoms with Crippen LogP contribution >= 0.6 is 0 Å². The Labute approximate surface area is 100 Å². The second-order valence-electron chi connectivity index (χ2n) is 5.91. The zero-order valence-electron chi connectivity index (χ0n) is 11.5. The molecule has 96 valence electrons. The van der Waals surface area contributed by atoms with Crippen LogP contribution in [0, 0.1) is 5.92 Å². The Balaban J connectivity index is 2.37. The fraction of sp³-hybridized carbons (Fsp3) is 1.00. The number of hydrogen-bond acceptors (Lipinski definition) is 3. The second-order valence-corrected chi connectivity index (χ2v) is 5.91. The van der Waals surface area contributed by atoms with Gasteiger partial charge in [0.2, 0.25) is 0 Å². The highest BCUT2D eigenvalue weighted by Gasteiger charge is 2.30. The molecule has 0 N–H and O–H groups in total. The highest BCUT2D eigenvalue weighted by atomic mass is 16.5. The average molecular weight is 229 g/mol. The quantitative estimate of drug-likeness (QED) is 0.721. The molecular formula is C13H27NO2. The van der Waals surface area contributed by atoms with E-state index < -0.39 is 0 Å². The van der Waals surface area contributed by atoms with Crippen molar-refractivity contribution >= 4 is 0 Å². The van der Waals surface area contributed by atoms with Crippen LogP contribution in [0.25, 0.3) is 0 Å². The summed E-state index contributed by atoms with van der Waals surface area (Å²) in [7, 11) is 1.76. The maximum atomic E-state index is 5.89. The molecule has 1 aliphatic rings. The van der Waals surface area contributed by atoms with Gasteiger partial charge in [-0.1, -0.05) is 6.92 Å². The molecule has 16 heavy (non-hydrogen) atoms. The lowest BCUT2D eigenvalue weighted by Gasteiger charge is -2.28. The number of nitrogens with zero attached hydrogens (tertiary/aromatic N) is 1. The molecule has 0 aromatic heterocycles. The van der Waals surface area contributed by atoms with E-state index in [4.69, 9.17) is 9.47 Å². The molecule has 0 bridgehead atoms.